The van der Waals surface area contributed by atoms with Crippen LogP contribution in [0.1, 0.15) is 23.2 Å². The predicted molar refractivity (Wildman–Crippen MR) is 125 cm³/mol. The molecule has 0 spiro atoms. The Labute approximate surface area is 194 Å². The van der Waals surface area contributed by atoms with E-state index in [2.05, 4.69) is 20.2 Å². The Morgan fingerprint density at radius 2 is 1.79 bits per heavy atom. The number of benzene rings is 2. The average molecular weight is 492 g/mol. The normalized spacial score (nSPS) is 15.8. The van der Waals surface area contributed by atoms with Crippen molar-refractivity contribution in [3.05, 3.63) is 54.2 Å². The van der Waals surface area contributed by atoms with Gasteiger partial charge in [-0.15, -0.1) is 5.10 Å². The van der Waals surface area contributed by atoms with E-state index in [0.717, 1.165) is 0 Å². The largest absolute Gasteiger partial charge is 0.395 e. The Morgan fingerprint density at radius 1 is 1.09 bits per heavy atom. The quantitative estimate of drug-likeness (QED) is 0.464. The minimum Gasteiger partial charge on any atom is -0.395 e. The van der Waals surface area contributed by atoms with Crippen LogP contribution in [0, 0.1) is 0 Å². The second-order valence-electron chi connectivity index (χ2n) is 7.98. The van der Waals surface area contributed by atoms with Crippen LogP contribution in [0.4, 0.5) is 25.8 Å². The number of hydrogen-bond acceptors (Lipinski definition) is 7. The summed E-state index contributed by atoms with van der Waals surface area (Å²) in [7, 11) is -3.67. The van der Waals surface area contributed by atoms with Gasteiger partial charge in [-0.3, -0.25) is 9.52 Å². The lowest BCUT2D eigenvalue weighted by Gasteiger charge is -2.33. The van der Waals surface area contributed by atoms with E-state index in [0.29, 0.717) is 22.3 Å². The molecule has 34 heavy (non-hydrogen) atoms. The van der Waals surface area contributed by atoms with Gasteiger partial charge in [-0.25, -0.2) is 17.2 Å². The molecule has 2 heterocycles. The van der Waals surface area contributed by atoms with E-state index >= 15 is 0 Å². The van der Waals surface area contributed by atoms with Gasteiger partial charge in [0.1, 0.15) is 5.52 Å². The molecule has 0 aliphatic carbocycles. The molecule has 0 radical (unpaired) electrons. The van der Waals surface area contributed by atoms with Crippen molar-refractivity contribution in [1.82, 2.24) is 10.2 Å². The first-order chi connectivity index (χ1) is 16.2. The van der Waals surface area contributed by atoms with Gasteiger partial charge >= 0.3 is 0 Å². The number of nitrogens with one attached hydrogen (secondary N) is 2. The van der Waals surface area contributed by atoms with Crippen LogP contribution < -0.4 is 14.9 Å². The number of nitrogens with zero attached hydrogens (tertiary/aromatic N) is 3. The van der Waals surface area contributed by atoms with Gasteiger partial charge in [0.15, 0.2) is 0 Å². The Kier molecular flexibility index (Phi) is 6.62. The van der Waals surface area contributed by atoms with Crippen molar-refractivity contribution in [2.75, 3.05) is 40.4 Å². The Hall–Kier alpha value is -3.38. The molecule has 0 atom stereocenters. The van der Waals surface area contributed by atoms with Crippen molar-refractivity contribution in [3.63, 3.8) is 0 Å². The molecule has 12 heteroatoms. The number of aromatic nitrogens is 2. The van der Waals surface area contributed by atoms with E-state index in [9.17, 15) is 22.0 Å². The molecule has 4 rings (SSSR count). The Morgan fingerprint density at radius 3 is 2.47 bits per heavy atom. The SMILES string of the molecule is O=C(Nc1cc(N2CCC(F)(F)CC2)c2nnccc2c1)c1ccc(NS(=O)(=O)CCO)cc1. The van der Waals surface area contributed by atoms with Crippen molar-refractivity contribution in [3.8, 4) is 0 Å². The number of hydrogen-bond donors (Lipinski definition) is 3. The third kappa shape index (κ3) is 5.57. The minimum atomic E-state index is -3.67. The third-order valence-corrected chi connectivity index (χ3v) is 6.74. The third-order valence-electron chi connectivity index (χ3n) is 5.47. The Bertz CT molecular complexity index is 1290. The van der Waals surface area contributed by atoms with Gasteiger partial charge in [-0.05, 0) is 42.5 Å². The fourth-order valence-electron chi connectivity index (χ4n) is 3.71. The first kappa shape index (κ1) is 23.8. The molecule has 1 aliphatic heterocycles. The molecular formula is C22H23F2N5O4S. The second-order valence-corrected chi connectivity index (χ2v) is 9.83. The van der Waals surface area contributed by atoms with Gasteiger partial charge < -0.3 is 15.3 Å². The Balaban J connectivity index is 1.54. The molecule has 1 aromatic heterocycles. The lowest BCUT2D eigenvalue weighted by Crippen LogP contribution is -2.39. The summed E-state index contributed by atoms with van der Waals surface area (Å²) in [5.41, 5.74) is 2.19. The highest BCUT2D eigenvalue weighted by molar-refractivity contribution is 7.92. The number of anilines is 3. The number of piperidine rings is 1. The topological polar surface area (TPSA) is 125 Å². The van der Waals surface area contributed by atoms with E-state index in [1.54, 1.807) is 18.2 Å². The van der Waals surface area contributed by atoms with E-state index in [-0.39, 0.29) is 37.2 Å². The van der Waals surface area contributed by atoms with Crippen LogP contribution in [0.25, 0.3) is 10.9 Å². The van der Waals surface area contributed by atoms with Gasteiger partial charge in [0.05, 0.1) is 24.2 Å². The lowest BCUT2D eigenvalue weighted by molar-refractivity contribution is -0.0220. The molecule has 0 bridgehead atoms. The molecule has 3 N–H and O–H groups in total. The second kappa shape index (κ2) is 9.47. The number of carbonyl (C=O) groups is 1. The summed E-state index contributed by atoms with van der Waals surface area (Å²) in [4.78, 5) is 14.6. The summed E-state index contributed by atoms with van der Waals surface area (Å²) in [5, 5.41) is 20.4. The smallest absolute Gasteiger partial charge is 0.255 e. The van der Waals surface area contributed by atoms with Crippen LogP contribution in [-0.4, -0.2) is 61.0 Å². The predicted octanol–water partition coefficient (Wildman–Crippen LogP) is 2.85. The number of aliphatic hydroxyl groups is 1. The summed E-state index contributed by atoms with van der Waals surface area (Å²) < 4.78 is 53.1. The van der Waals surface area contributed by atoms with Crippen molar-refractivity contribution in [2.45, 2.75) is 18.8 Å². The highest BCUT2D eigenvalue weighted by atomic mass is 32.2. The number of fused-ring (bicyclic) bond motifs is 1. The molecule has 1 saturated heterocycles. The number of amides is 1. The summed E-state index contributed by atoms with van der Waals surface area (Å²) in [6, 6.07) is 11.0. The van der Waals surface area contributed by atoms with Crippen LogP contribution in [0.2, 0.25) is 0 Å². The molecule has 1 fully saturated rings. The van der Waals surface area contributed by atoms with Crippen LogP contribution in [0.3, 0.4) is 0 Å². The van der Waals surface area contributed by atoms with Gasteiger partial charge in [0.25, 0.3) is 11.8 Å². The number of alkyl halides is 2. The highest BCUT2D eigenvalue weighted by Gasteiger charge is 2.34. The summed E-state index contributed by atoms with van der Waals surface area (Å²) in [5.74, 6) is -3.55. The summed E-state index contributed by atoms with van der Waals surface area (Å²) in [6.45, 7) is -0.192. The van der Waals surface area contributed by atoms with Gasteiger partial charge in [0.2, 0.25) is 10.0 Å². The van der Waals surface area contributed by atoms with Gasteiger partial charge in [-0.2, -0.15) is 5.10 Å². The zero-order chi connectivity index (χ0) is 24.3. The van der Waals surface area contributed by atoms with Crippen molar-refractivity contribution >= 4 is 43.9 Å². The van der Waals surface area contributed by atoms with Crippen LogP contribution in [-0.2, 0) is 10.0 Å². The average Bonchev–Trinajstić information content (AvgIpc) is 2.79. The van der Waals surface area contributed by atoms with Crippen LogP contribution >= 0.6 is 0 Å². The summed E-state index contributed by atoms with van der Waals surface area (Å²) >= 11 is 0. The maximum Gasteiger partial charge on any atom is 0.255 e. The molecule has 1 amide bonds. The molecule has 180 valence electrons. The van der Waals surface area contributed by atoms with Gasteiger partial charge in [0, 0.05) is 48.3 Å². The zero-order valence-electron chi connectivity index (χ0n) is 18.0. The van der Waals surface area contributed by atoms with Crippen LogP contribution in [0.15, 0.2) is 48.7 Å². The molecule has 2 aromatic carbocycles. The fourth-order valence-corrected chi connectivity index (χ4v) is 4.55. The maximum absolute atomic E-state index is 13.6. The van der Waals surface area contributed by atoms with Crippen molar-refractivity contribution in [1.29, 1.82) is 0 Å². The summed E-state index contributed by atoms with van der Waals surface area (Å²) in [6.07, 6.45) is 0.984. The first-order valence-electron chi connectivity index (χ1n) is 10.6. The standard InChI is InChI=1S/C22H23F2N5O4S/c23-22(24)6-9-29(10-7-22)19-14-18(13-16-5-8-25-27-20(16)19)26-21(31)15-1-3-17(4-2-15)28-34(32,33)12-11-30/h1-5,8,13-14,28,30H,6-7,9-12H2,(H,26,31). The van der Waals surface area contributed by atoms with Crippen LogP contribution in [0.5, 0.6) is 0 Å². The molecule has 1 aliphatic rings. The van der Waals surface area contributed by atoms with E-state index in [4.69, 9.17) is 5.11 Å². The maximum atomic E-state index is 13.6. The number of carbonyl (C=O) groups excluding carboxylic acids is 1. The number of rotatable bonds is 7. The number of aliphatic hydroxyl groups excluding tert-OH is 1. The monoisotopic (exact) mass is 491 g/mol. The van der Waals surface area contributed by atoms with E-state index in [1.165, 1.54) is 30.5 Å². The number of halogens is 2. The first-order valence-corrected chi connectivity index (χ1v) is 12.2. The fraction of sp³-hybridized carbons (Fsp3) is 0.318. The lowest BCUT2D eigenvalue weighted by atomic mass is 10.0. The highest BCUT2D eigenvalue weighted by Crippen LogP contribution is 2.35. The van der Waals surface area contributed by atoms with E-state index < -0.39 is 34.2 Å². The van der Waals surface area contributed by atoms with E-state index in [1.807, 2.05) is 4.90 Å². The van der Waals surface area contributed by atoms with Crippen molar-refractivity contribution < 1.29 is 27.1 Å². The number of sulfonamides is 1. The molecular weight excluding hydrogens is 468 g/mol. The molecule has 0 saturated carbocycles. The van der Waals surface area contributed by atoms with Gasteiger partial charge in [-0.1, -0.05) is 0 Å². The molecule has 3 aromatic rings. The molecule has 0 unspecified atom stereocenters. The molecule has 9 nitrogen and oxygen atoms in total. The minimum absolute atomic E-state index is 0.156. The zero-order valence-corrected chi connectivity index (χ0v) is 18.9. The van der Waals surface area contributed by atoms with Crippen molar-refractivity contribution in [2.24, 2.45) is 0 Å².